The van der Waals surface area contributed by atoms with Crippen molar-refractivity contribution in [3.63, 3.8) is 0 Å². The molecular weight excluding hydrogens is 479 g/mol. The monoisotopic (exact) mass is 517 g/mol. The Morgan fingerprint density at radius 2 is 1.73 bits per heavy atom. The van der Waals surface area contributed by atoms with Gasteiger partial charge < -0.3 is 15.8 Å². The minimum absolute atomic E-state index is 0.101. The molecule has 2 aromatic rings. The number of hydrogen-bond donors (Lipinski definition) is 2. The number of nitrogens with zero attached hydrogens (tertiary/aromatic N) is 1. The third-order valence-corrected chi connectivity index (χ3v) is 7.22. The van der Waals surface area contributed by atoms with Crippen LogP contribution in [0.15, 0.2) is 48.5 Å². The van der Waals surface area contributed by atoms with Crippen molar-refractivity contribution >= 4 is 17.9 Å². The number of alkyl halides is 3. The van der Waals surface area contributed by atoms with Crippen molar-refractivity contribution in [2.45, 2.75) is 76.6 Å². The van der Waals surface area contributed by atoms with E-state index < -0.39 is 11.7 Å². The molecule has 4 rings (SSSR count). The van der Waals surface area contributed by atoms with Crippen molar-refractivity contribution in [3.8, 4) is 0 Å². The molecule has 1 aliphatic heterocycles. The van der Waals surface area contributed by atoms with E-state index in [0.717, 1.165) is 62.8 Å². The van der Waals surface area contributed by atoms with E-state index in [0.29, 0.717) is 23.2 Å². The third kappa shape index (κ3) is 9.27. The number of nitrogens with two attached hydrogens (primary N) is 1. The molecule has 2 fully saturated rings. The van der Waals surface area contributed by atoms with Gasteiger partial charge in [-0.05, 0) is 87.9 Å². The number of carbonyl (C=O) groups is 2. The van der Waals surface area contributed by atoms with Gasteiger partial charge in [0.2, 0.25) is 5.91 Å². The number of hydrogen-bond acceptors (Lipinski definition) is 4. The first kappa shape index (κ1) is 28.9. The molecule has 2 aliphatic rings. The molecule has 2 aromatic carbocycles. The summed E-state index contributed by atoms with van der Waals surface area (Å²) in [6.45, 7) is 4.31. The van der Waals surface area contributed by atoms with Crippen LogP contribution >= 0.6 is 0 Å². The average molecular weight is 518 g/mol. The van der Waals surface area contributed by atoms with Gasteiger partial charge in [0, 0.05) is 23.7 Å². The summed E-state index contributed by atoms with van der Waals surface area (Å²) < 4.78 is 38.5. The molecule has 0 radical (unpaired) electrons. The summed E-state index contributed by atoms with van der Waals surface area (Å²) >= 11 is 0. The van der Waals surface area contributed by atoms with Crippen LogP contribution in [0.3, 0.4) is 0 Å². The number of likely N-dealkylation sites (tertiary alicyclic amines) is 1. The van der Waals surface area contributed by atoms with Gasteiger partial charge in [-0.25, -0.2) is 0 Å². The van der Waals surface area contributed by atoms with Crippen molar-refractivity contribution in [2.75, 3.05) is 18.4 Å². The predicted octanol–water partition coefficient (Wildman–Crippen LogP) is 6.14. The van der Waals surface area contributed by atoms with Crippen LogP contribution in [0.4, 0.5) is 18.9 Å². The largest absolute Gasteiger partial charge is 0.416 e. The fourth-order valence-electron chi connectivity index (χ4n) is 4.92. The van der Waals surface area contributed by atoms with Crippen molar-refractivity contribution < 1.29 is 22.8 Å². The molecule has 1 amide bonds. The number of anilines is 1. The second-order valence-corrected chi connectivity index (χ2v) is 10.1. The van der Waals surface area contributed by atoms with Gasteiger partial charge in [0.15, 0.2) is 0 Å². The number of nitrogens with one attached hydrogen (secondary N) is 1. The molecule has 5 nitrogen and oxygen atoms in total. The summed E-state index contributed by atoms with van der Waals surface area (Å²) in [5.74, 6) is -0.0214. The van der Waals surface area contributed by atoms with E-state index in [9.17, 15) is 22.8 Å². The molecule has 1 unspecified atom stereocenters. The Bertz CT molecular complexity index is 1010. The quantitative estimate of drug-likeness (QED) is 0.452. The highest BCUT2D eigenvalue weighted by molar-refractivity contribution is 5.92. The van der Waals surface area contributed by atoms with Gasteiger partial charge in [-0.1, -0.05) is 36.8 Å². The fraction of sp³-hybridized carbons (Fsp3) is 0.517. The number of piperidine rings is 1. The van der Waals surface area contributed by atoms with Gasteiger partial charge >= 0.3 is 6.18 Å². The average Bonchev–Trinajstić information content (AvgIpc) is 2.89. The van der Waals surface area contributed by atoms with Crippen LogP contribution in [0.5, 0.6) is 0 Å². The highest BCUT2D eigenvalue weighted by Gasteiger charge is 2.30. The topological polar surface area (TPSA) is 75.4 Å². The Hall–Kier alpha value is -2.71. The van der Waals surface area contributed by atoms with Crippen molar-refractivity contribution in [2.24, 2.45) is 11.7 Å². The van der Waals surface area contributed by atoms with Gasteiger partial charge in [-0.15, -0.1) is 0 Å². The van der Waals surface area contributed by atoms with E-state index in [4.69, 9.17) is 5.73 Å². The first-order valence-corrected chi connectivity index (χ1v) is 13.2. The highest BCUT2D eigenvalue weighted by atomic mass is 19.4. The summed E-state index contributed by atoms with van der Waals surface area (Å²) in [7, 11) is 0. The van der Waals surface area contributed by atoms with Gasteiger partial charge in [0.25, 0.3) is 0 Å². The molecule has 1 saturated carbocycles. The molecule has 1 aliphatic carbocycles. The Labute approximate surface area is 217 Å². The Kier molecular flexibility index (Phi) is 10.7. The Balaban J connectivity index is 0.000000356. The smallest absolute Gasteiger partial charge is 0.328 e. The second-order valence-electron chi connectivity index (χ2n) is 10.1. The molecule has 0 spiro atoms. The van der Waals surface area contributed by atoms with Crippen LogP contribution in [0, 0.1) is 5.92 Å². The third-order valence-electron chi connectivity index (χ3n) is 7.22. The first-order chi connectivity index (χ1) is 17.7. The fourth-order valence-corrected chi connectivity index (χ4v) is 4.92. The van der Waals surface area contributed by atoms with Gasteiger partial charge in [-0.3, -0.25) is 9.69 Å². The summed E-state index contributed by atoms with van der Waals surface area (Å²) in [6.07, 6.45) is 4.31. The molecule has 0 bridgehead atoms. The summed E-state index contributed by atoms with van der Waals surface area (Å²) in [6, 6.07) is 13.2. The van der Waals surface area contributed by atoms with Gasteiger partial charge in [0.05, 0.1) is 12.0 Å². The summed E-state index contributed by atoms with van der Waals surface area (Å²) in [4.78, 5) is 25.0. The Morgan fingerprint density at radius 1 is 1.05 bits per heavy atom. The van der Waals surface area contributed by atoms with Crippen LogP contribution in [0.25, 0.3) is 0 Å². The zero-order chi connectivity index (χ0) is 26.8. The maximum atomic E-state index is 12.8. The van der Waals surface area contributed by atoms with Crippen LogP contribution < -0.4 is 11.1 Å². The van der Waals surface area contributed by atoms with E-state index in [-0.39, 0.29) is 18.4 Å². The lowest BCUT2D eigenvalue weighted by molar-refractivity contribution is -0.137. The molecule has 0 aromatic heterocycles. The number of halogens is 3. The minimum atomic E-state index is -4.41. The standard InChI is InChI=1S/C22H25F3N2O.C7H13NO/c1-16(27-11-3-2-4-12-27)18-8-6-10-20(15-18)26-21(28)14-17-7-5-9-19(13-17)22(23,24)25;8-7-3-1-6(5-9)2-4-7/h5-10,13,15-16H,2-4,11-12,14H2,1H3,(H,26,28);5-7H,1-4,8H2. The number of amides is 1. The van der Waals surface area contributed by atoms with Gasteiger partial charge in [-0.2, -0.15) is 13.2 Å². The molecule has 202 valence electrons. The zero-order valence-corrected chi connectivity index (χ0v) is 21.5. The van der Waals surface area contributed by atoms with Crippen molar-refractivity contribution in [3.05, 3.63) is 65.2 Å². The first-order valence-electron chi connectivity index (χ1n) is 13.2. The van der Waals surface area contributed by atoms with E-state index in [1.807, 2.05) is 18.2 Å². The van der Waals surface area contributed by atoms with E-state index in [2.05, 4.69) is 17.1 Å². The molecule has 1 saturated heterocycles. The number of benzene rings is 2. The SMILES string of the molecule is CC(c1cccc(NC(=O)Cc2cccc(C(F)(F)F)c2)c1)N1CCCCC1.NC1CCC(C=O)CC1. The second kappa shape index (κ2) is 13.7. The number of rotatable bonds is 6. The van der Waals surface area contributed by atoms with Crippen molar-refractivity contribution in [1.29, 1.82) is 0 Å². The van der Waals surface area contributed by atoms with E-state index >= 15 is 0 Å². The highest BCUT2D eigenvalue weighted by Crippen LogP contribution is 2.30. The summed E-state index contributed by atoms with van der Waals surface area (Å²) in [5, 5.41) is 2.81. The molecule has 1 heterocycles. The lowest BCUT2D eigenvalue weighted by Gasteiger charge is -2.32. The Morgan fingerprint density at radius 3 is 2.38 bits per heavy atom. The lowest BCUT2D eigenvalue weighted by atomic mass is 9.88. The van der Waals surface area contributed by atoms with Crippen molar-refractivity contribution in [1.82, 2.24) is 4.90 Å². The molecule has 8 heteroatoms. The molecule has 1 atom stereocenters. The predicted molar refractivity (Wildman–Crippen MR) is 140 cm³/mol. The normalized spacial score (nSPS) is 21.3. The van der Waals surface area contributed by atoms with Crippen LogP contribution in [-0.2, 0) is 22.2 Å². The number of carbonyl (C=O) groups excluding carboxylic acids is 2. The number of aldehydes is 1. The maximum Gasteiger partial charge on any atom is 0.416 e. The van der Waals surface area contributed by atoms with E-state index in [1.165, 1.54) is 31.4 Å². The lowest BCUT2D eigenvalue weighted by Crippen LogP contribution is -2.32. The van der Waals surface area contributed by atoms with Crippen LogP contribution in [0.2, 0.25) is 0 Å². The molecule has 3 N–H and O–H groups in total. The van der Waals surface area contributed by atoms with Crippen LogP contribution in [0.1, 0.15) is 74.6 Å². The zero-order valence-electron chi connectivity index (χ0n) is 21.5. The van der Waals surface area contributed by atoms with Crippen LogP contribution in [-0.4, -0.2) is 36.2 Å². The molecular formula is C29H38F3N3O2. The van der Waals surface area contributed by atoms with E-state index in [1.54, 1.807) is 6.07 Å². The maximum absolute atomic E-state index is 12.8. The summed E-state index contributed by atoms with van der Waals surface area (Å²) in [5.41, 5.74) is 7.02. The minimum Gasteiger partial charge on any atom is -0.328 e. The molecule has 37 heavy (non-hydrogen) atoms. The van der Waals surface area contributed by atoms with Gasteiger partial charge in [0.1, 0.15) is 6.29 Å².